The summed E-state index contributed by atoms with van der Waals surface area (Å²) in [6.07, 6.45) is -3.69. The number of halogens is 4. The molecule has 0 spiro atoms. The van der Waals surface area contributed by atoms with Gasteiger partial charge in [0.1, 0.15) is 17.1 Å². The van der Waals surface area contributed by atoms with Gasteiger partial charge in [-0.15, -0.1) is 11.3 Å². The molecule has 1 aromatic carbocycles. The molecule has 0 bridgehead atoms. The van der Waals surface area contributed by atoms with Gasteiger partial charge in [0.2, 0.25) is 0 Å². The number of fused-ring (bicyclic) bond motifs is 1. The zero-order chi connectivity index (χ0) is 20.8. The SMILES string of the molecule is O=C(Nc1cc(Cl)ccc1O)c1cnn2c1NC(c1cccs1)CC2C(F)(F)F. The van der Waals surface area contributed by atoms with E-state index in [1.54, 1.807) is 17.5 Å². The topological polar surface area (TPSA) is 79.2 Å². The van der Waals surface area contributed by atoms with Gasteiger partial charge in [0.25, 0.3) is 5.91 Å². The number of hydrogen-bond acceptors (Lipinski definition) is 5. The molecule has 3 N–H and O–H groups in total. The molecule has 1 aliphatic heterocycles. The molecule has 2 atom stereocenters. The van der Waals surface area contributed by atoms with E-state index < -0.39 is 24.2 Å². The molecule has 11 heteroatoms. The van der Waals surface area contributed by atoms with Gasteiger partial charge in [-0.1, -0.05) is 17.7 Å². The van der Waals surface area contributed by atoms with Gasteiger partial charge in [0, 0.05) is 16.3 Å². The molecule has 0 radical (unpaired) electrons. The van der Waals surface area contributed by atoms with Crippen LogP contribution in [0.5, 0.6) is 5.75 Å². The zero-order valence-corrected chi connectivity index (χ0v) is 16.1. The van der Waals surface area contributed by atoms with Crippen LogP contribution in [0, 0.1) is 0 Å². The molecule has 29 heavy (non-hydrogen) atoms. The molecular formula is C18H14ClF3N4O2S. The van der Waals surface area contributed by atoms with Gasteiger partial charge < -0.3 is 15.7 Å². The summed E-state index contributed by atoms with van der Waals surface area (Å²) in [5.74, 6) is -0.971. The van der Waals surface area contributed by atoms with Crippen molar-refractivity contribution in [3.05, 3.63) is 57.4 Å². The number of alkyl halides is 3. The zero-order valence-electron chi connectivity index (χ0n) is 14.6. The molecule has 152 valence electrons. The van der Waals surface area contributed by atoms with E-state index in [-0.39, 0.29) is 34.3 Å². The lowest BCUT2D eigenvalue weighted by Gasteiger charge is -2.33. The number of phenols is 1. The summed E-state index contributed by atoms with van der Waals surface area (Å²) in [5, 5.41) is 21.2. The number of nitrogens with one attached hydrogen (secondary N) is 2. The normalized spacial score (nSPS) is 18.8. The first-order valence-corrected chi connectivity index (χ1v) is 9.74. The number of benzene rings is 1. The quantitative estimate of drug-likeness (QED) is 0.486. The summed E-state index contributed by atoms with van der Waals surface area (Å²) in [7, 11) is 0. The van der Waals surface area contributed by atoms with Crippen LogP contribution in [0.4, 0.5) is 24.7 Å². The first-order chi connectivity index (χ1) is 13.7. The molecule has 6 nitrogen and oxygen atoms in total. The Balaban J connectivity index is 1.70. The van der Waals surface area contributed by atoms with Gasteiger partial charge in [0.05, 0.1) is 17.9 Å². The largest absolute Gasteiger partial charge is 0.506 e. The van der Waals surface area contributed by atoms with E-state index in [2.05, 4.69) is 15.7 Å². The fourth-order valence-corrected chi connectivity index (χ4v) is 4.17. The minimum atomic E-state index is -4.53. The third-order valence-corrected chi connectivity index (χ3v) is 5.80. The van der Waals surface area contributed by atoms with Crippen molar-refractivity contribution in [2.45, 2.75) is 24.7 Å². The minimum Gasteiger partial charge on any atom is -0.506 e. The Bertz CT molecular complexity index is 1050. The third kappa shape index (κ3) is 3.77. The van der Waals surface area contributed by atoms with Crippen molar-refractivity contribution < 1.29 is 23.1 Å². The number of aromatic hydroxyl groups is 1. The van der Waals surface area contributed by atoms with E-state index in [1.165, 1.54) is 29.5 Å². The molecule has 2 aromatic heterocycles. The molecular weight excluding hydrogens is 429 g/mol. The average molecular weight is 443 g/mol. The monoisotopic (exact) mass is 442 g/mol. The summed E-state index contributed by atoms with van der Waals surface area (Å²) >= 11 is 7.20. The Hall–Kier alpha value is -2.72. The van der Waals surface area contributed by atoms with E-state index in [4.69, 9.17) is 11.6 Å². The predicted molar refractivity (Wildman–Crippen MR) is 104 cm³/mol. The third-order valence-electron chi connectivity index (χ3n) is 4.58. The molecule has 0 aliphatic carbocycles. The minimum absolute atomic E-state index is 0.0315. The lowest BCUT2D eigenvalue weighted by Crippen LogP contribution is -2.36. The number of nitrogens with zero attached hydrogens (tertiary/aromatic N) is 2. The molecule has 1 amide bonds. The smallest absolute Gasteiger partial charge is 0.410 e. The average Bonchev–Trinajstić information content (AvgIpc) is 3.32. The highest BCUT2D eigenvalue weighted by molar-refractivity contribution is 7.10. The Kier molecular flexibility index (Phi) is 4.91. The standard InChI is InChI=1S/C18H14ClF3N4O2S/c19-9-3-4-13(27)11(6-9)25-17(28)10-8-23-26-15(18(20,21)22)7-12(24-16(10)26)14-2-1-5-29-14/h1-6,8,12,15,24,27H,7H2,(H,25,28). The number of hydrogen-bond donors (Lipinski definition) is 3. The van der Waals surface area contributed by atoms with E-state index >= 15 is 0 Å². The number of aromatic nitrogens is 2. The van der Waals surface area contributed by atoms with Crippen molar-refractivity contribution in [1.82, 2.24) is 9.78 Å². The van der Waals surface area contributed by atoms with Crippen molar-refractivity contribution >= 4 is 40.4 Å². The van der Waals surface area contributed by atoms with Crippen LogP contribution >= 0.6 is 22.9 Å². The van der Waals surface area contributed by atoms with Gasteiger partial charge in [-0.25, -0.2) is 4.68 Å². The van der Waals surface area contributed by atoms with Gasteiger partial charge in [-0.3, -0.25) is 4.79 Å². The molecule has 3 aromatic rings. The summed E-state index contributed by atoms with van der Waals surface area (Å²) < 4.78 is 41.8. The van der Waals surface area contributed by atoms with E-state index in [0.717, 1.165) is 15.8 Å². The molecule has 0 saturated heterocycles. The summed E-state index contributed by atoms with van der Waals surface area (Å²) in [6, 6.07) is 5.09. The number of carbonyl (C=O) groups is 1. The molecule has 4 rings (SSSR count). The second-order valence-corrected chi connectivity index (χ2v) is 7.89. The molecule has 0 saturated carbocycles. The Labute approximate surface area is 171 Å². The van der Waals surface area contributed by atoms with E-state index in [9.17, 15) is 23.1 Å². The second kappa shape index (κ2) is 7.27. The lowest BCUT2D eigenvalue weighted by atomic mass is 10.0. The highest BCUT2D eigenvalue weighted by Crippen LogP contribution is 2.45. The summed E-state index contributed by atoms with van der Waals surface area (Å²) in [4.78, 5) is 13.5. The van der Waals surface area contributed by atoms with Crippen LogP contribution < -0.4 is 10.6 Å². The number of carbonyl (C=O) groups excluding carboxylic acids is 1. The number of rotatable bonds is 3. The predicted octanol–water partition coefficient (Wildman–Crippen LogP) is 5.22. The first kappa shape index (κ1) is 19.6. The highest BCUT2D eigenvalue weighted by atomic mass is 35.5. The van der Waals surface area contributed by atoms with Crippen LogP contribution in [0.2, 0.25) is 5.02 Å². The second-order valence-electron chi connectivity index (χ2n) is 6.47. The number of phenolic OH excluding ortho intramolecular Hbond substituents is 1. The summed E-state index contributed by atoms with van der Waals surface area (Å²) in [5.41, 5.74) is -0.0275. The van der Waals surface area contributed by atoms with Crippen molar-refractivity contribution in [2.24, 2.45) is 0 Å². The lowest BCUT2D eigenvalue weighted by molar-refractivity contribution is -0.173. The Morgan fingerprint density at radius 3 is 2.86 bits per heavy atom. The van der Waals surface area contributed by atoms with E-state index in [1.807, 2.05) is 0 Å². The maximum atomic E-state index is 13.7. The molecule has 3 heterocycles. The van der Waals surface area contributed by atoms with Crippen LogP contribution in [-0.2, 0) is 0 Å². The van der Waals surface area contributed by atoms with Crippen molar-refractivity contribution in [3.63, 3.8) is 0 Å². The van der Waals surface area contributed by atoms with Crippen LogP contribution in [0.3, 0.4) is 0 Å². The number of thiophene rings is 1. The maximum absolute atomic E-state index is 13.7. The highest BCUT2D eigenvalue weighted by Gasteiger charge is 2.47. The van der Waals surface area contributed by atoms with Gasteiger partial charge in [0.15, 0.2) is 6.04 Å². The van der Waals surface area contributed by atoms with Crippen molar-refractivity contribution in [3.8, 4) is 5.75 Å². The van der Waals surface area contributed by atoms with Crippen LogP contribution in [0.25, 0.3) is 0 Å². The fourth-order valence-electron chi connectivity index (χ4n) is 3.20. The van der Waals surface area contributed by atoms with Gasteiger partial charge in [-0.05, 0) is 29.6 Å². The first-order valence-electron chi connectivity index (χ1n) is 8.48. The van der Waals surface area contributed by atoms with E-state index in [0.29, 0.717) is 0 Å². The van der Waals surface area contributed by atoms with Crippen molar-refractivity contribution in [2.75, 3.05) is 10.6 Å². The number of anilines is 2. The summed E-state index contributed by atoms with van der Waals surface area (Å²) in [6.45, 7) is 0. The van der Waals surface area contributed by atoms with Crippen LogP contribution in [0.1, 0.15) is 33.7 Å². The molecule has 0 fully saturated rings. The van der Waals surface area contributed by atoms with Gasteiger partial charge in [-0.2, -0.15) is 18.3 Å². The van der Waals surface area contributed by atoms with Crippen LogP contribution in [0.15, 0.2) is 41.9 Å². The number of amides is 1. The van der Waals surface area contributed by atoms with Gasteiger partial charge >= 0.3 is 6.18 Å². The molecule has 1 aliphatic rings. The molecule has 2 unspecified atom stereocenters. The maximum Gasteiger partial charge on any atom is 0.410 e. The Morgan fingerprint density at radius 1 is 1.38 bits per heavy atom. The Morgan fingerprint density at radius 2 is 2.17 bits per heavy atom. The van der Waals surface area contributed by atoms with Crippen molar-refractivity contribution in [1.29, 1.82) is 0 Å². The fraction of sp³-hybridized carbons (Fsp3) is 0.222. The van der Waals surface area contributed by atoms with Crippen LogP contribution in [-0.4, -0.2) is 27.0 Å².